The number of hydrogen-bond acceptors (Lipinski definition) is 6. The molecule has 1 aromatic heterocycles. The molecule has 3 aromatic rings. The van der Waals surface area contributed by atoms with Gasteiger partial charge in [-0.15, -0.1) is 0 Å². The first-order valence-electron chi connectivity index (χ1n) is 11.6. The van der Waals surface area contributed by atoms with E-state index in [0.717, 1.165) is 42.7 Å². The number of imidazole rings is 1. The van der Waals surface area contributed by atoms with Gasteiger partial charge in [0.15, 0.2) is 11.5 Å². The van der Waals surface area contributed by atoms with E-state index in [1.54, 1.807) is 21.3 Å². The number of nitrogens with one attached hydrogen (secondary N) is 1. The first-order chi connectivity index (χ1) is 16.5. The summed E-state index contributed by atoms with van der Waals surface area (Å²) in [5, 5.41) is 3.08. The quantitative estimate of drug-likeness (QED) is 0.542. The second-order valence-electron chi connectivity index (χ2n) is 8.19. The second-order valence-corrected chi connectivity index (χ2v) is 8.19. The lowest BCUT2D eigenvalue weighted by molar-refractivity contribution is 0.102. The predicted molar refractivity (Wildman–Crippen MR) is 133 cm³/mol. The van der Waals surface area contributed by atoms with Gasteiger partial charge in [0.25, 0.3) is 5.91 Å². The summed E-state index contributed by atoms with van der Waals surface area (Å²) in [5.74, 6) is 0.928. The van der Waals surface area contributed by atoms with E-state index in [2.05, 4.69) is 10.2 Å². The Labute approximate surface area is 198 Å². The van der Waals surface area contributed by atoms with Crippen LogP contribution < -0.4 is 30.1 Å². The molecule has 1 fully saturated rings. The smallest absolute Gasteiger partial charge is 0.329 e. The molecule has 0 atom stereocenters. The highest BCUT2D eigenvalue weighted by Gasteiger charge is 2.23. The summed E-state index contributed by atoms with van der Waals surface area (Å²) in [4.78, 5) is 28.6. The molecule has 2 heterocycles. The molecule has 0 radical (unpaired) electrons. The molecule has 4 rings (SSSR count). The van der Waals surface area contributed by atoms with Crippen LogP contribution in [0.1, 0.15) is 37.0 Å². The third-order valence-electron chi connectivity index (χ3n) is 6.39. The summed E-state index contributed by atoms with van der Waals surface area (Å²) >= 11 is 0. The summed E-state index contributed by atoms with van der Waals surface area (Å²) in [6, 6.07) is 7.19. The Kier molecular flexibility index (Phi) is 6.72. The Bertz CT molecular complexity index is 1250. The molecule has 2 aromatic carbocycles. The van der Waals surface area contributed by atoms with Crippen molar-refractivity contribution in [3.05, 3.63) is 40.3 Å². The number of fused-ring (bicyclic) bond motifs is 1. The van der Waals surface area contributed by atoms with Gasteiger partial charge in [-0.25, -0.2) is 4.79 Å². The molecule has 1 aliphatic heterocycles. The lowest BCUT2D eigenvalue weighted by atomic mass is 10.1. The van der Waals surface area contributed by atoms with Gasteiger partial charge in [0.2, 0.25) is 5.75 Å². The number of benzene rings is 2. The van der Waals surface area contributed by atoms with Crippen molar-refractivity contribution in [2.45, 2.75) is 39.8 Å². The van der Waals surface area contributed by atoms with Gasteiger partial charge in [-0.3, -0.25) is 13.9 Å². The molecule has 9 nitrogen and oxygen atoms in total. The molecule has 9 heteroatoms. The first kappa shape index (κ1) is 23.5. The van der Waals surface area contributed by atoms with Gasteiger partial charge in [-0.05, 0) is 51.0 Å². The van der Waals surface area contributed by atoms with E-state index in [1.807, 2.05) is 26.0 Å². The van der Waals surface area contributed by atoms with Gasteiger partial charge in [0, 0.05) is 31.7 Å². The number of aromatic nitrogens is 2. The van der Waals surface area contributed by atoms with Crippen molar-refractivity contribution in [3.63, 3.8) is 0 Å². The Balaban J connectivity index is 1.83. The molecule has 34 heavy (non-hydrogen) atoms. The van der Waals surface area contributed by atoms with Crippen molar-refractivity contribution >= 4 is 28.3 Å². The molecule has 0 aliphatic carbocycles. The fourth-order valence-corrected chi connectivity index (χ4v) is 4.69. The lowest BCUT2D eigenvalue weighted by Gasteiger charge is -2.22. The molecular weight excluding hydrogens is 436 g/mol. The summed E-state index contributed by atoms with van der Waals surface area (Å²) in [7, 11) is 4.55. The average molecular weight is 469 g/mol. The van der Waals surface area contributed by atoms with E-state index in [1.165, 1.54) is 21.3 Å². The predicted octanol–water partition coefficient (Wildman–Crippen LogP) is 3.72. The number of nitrogens with zero attached hydrogens (tertiary/aromatic N) is 3. The van der Waals surface area contributed by atoms with E-state index in [4.69, 9.17) is 14.2 Å². The van der Waals surface area contributed by atoms with Crippen LogP contribution in [0.2, 0.25) is 0 Å². The average Bonchev–Trinajstić information content (AvgIpc) is 3.47. The maximum Gasteiger partial charge on any atom is 0.329 e. The highest BCUT2D eigenvalue weighted by Crippen LogP contribution is 2.39. The van der Waals surface area contributed by atoms with Crippen molar-refractivity contribution in [1.82, 2.24) is 9.13 Å². The van der Waals surface area contributed by atoms with E-state index in [-0.39, 0.29) is 11.6 Å². The number of aryl methyl sites for hydroxylation is 2. The molecule has 0 unspecified atom stereocenters. The number of rotatable bonds is 8. The van der Waals surface area contributed by atoms with Gasteiger partial charge in [-0.1, -0.05) is 0 Å². The van der Waals surface area contributed by atoms with Crippen molar-refractivity contribution in [3.8, 4) is 17.2 Å². The largest absolute Gasteiger partial charge is 0.493 e. The second kappa shape index (κ2) is 9.70. The minimum Gasteiger partial charge on any atom is -0.493 e. The molecule has 1 amide bonds. The van der Waals surface area contributed by atoms with Gasteiger partial charge in [-0.2, -0.15) is 0 Å². The van der Waals surface area contributed by atoms with Crippen LogP contribution in [0.3, 0.4) is 0 Å². The van der Waals surface area contributed by atoms with Crippen molar-refractivity contribution in [1.29, 1.82) is 0 Å². The van der Waals surface area contributed by atoms with Gasteiger partial charge in [0.05, 0.1) is 43.7 Å². The molecule has 0 saturated carbocycles. The molecule has 1 saturated heterocycles. The highest BCUT2D eigenvalue weighted by molar-refractivity contribution is 6.08. The van der Waals surface area contributed by atoms with Gasteiger partial charge < -0.3 is 24.4 Å². The van der Waals surface area contributed by atoms with Crippen LogP contribution in [0, 0.1) is 0 Å². The fourth-order valence-electron chi connectivity index (χ4n) is 4.69. The fraction of sp³-hybridized carbons (Fsp3) is 0.440. The van der Waals surface area contributed by atoms with Crippen LogP contribution in [0.25, 0.3) is 11.0 Å². The number of methoxy groups -OCH3 is 3. The molecule has 1 N–H and O–H groups in total. The Morgan fingerprint density at radius 2 is 1.44 bits per heavy atom. The summed E-state index contributed by atoms with van der Waals surface area (Å²) < 4.78 is 19.7. The van der Waals surface area contributed by atoms with Crippen LogP contribution in [0.5, 0.6) is 17.2 Å². The van der Waals surface area contributed by atoms with Crippen molar-refractivity contribution < 1.29 is 19.0 Å². The number of ether oxygens (including phenoxy) is 3. The zero-order valence-corrected chi connectivity index (χ0v) is 20.4. The highest BCUT2D eigenvalue weighted by atomic mass is 16.5. The molecular formula is C25H32N4O5. The summed E-state index contributed by atoms with van der Waals surface area (Å²) in [6.07, 6.45) is 2.18. The van der Waals surface area contributed by atoms with E-state index >= 15 is 0 Å². The van der Waals surface area contributed by atoms with E-state index in [0.29, 0.717) is 41.6 Å². The van der Waals surface area contributed by atoms with E-state index in [9.17, 15) is 9.59 Å². The zero-order valence-electron chi connectivity index (χ0n) is 20.4. The number of anilines is 2. The minimum absolute atomic E-state index is 0.0412. The monoisotopic (exact) mass is 468 g/mol. The third kappa shape index (κ3) is 3.95. The Morgan fingerprint density at radius 1 is 0.882 bits per heavy atom. The molecule has 0 spiro atoms. The third-order valence-corrected chi connectivity index (χ3v) is 6.39. The number of hydrogen-bond donors (Lipinski definition) is 1. The zero-order chi connectivity index (χ0) is 24.4. The standard InChI is InChI=1S/C25H32N4O5/c1-6-28-19-14-17(18(27-10-8-9-11-27)15-20(19)29(7-2)25(28)31)26-24(30)16-12-21(32-3)23(34-5)22(13-16)33-4/h12-15H,6-11H2,1-5H3,(H,26,30). The van der Waals surface area contributed by atoms with Gasteiger partial charge in [0.1, 0.15) is 0 Å². The Hall–Kier alpha value is -3.62. The minimum atomic E-state index is -0.306. The normalized spacial score (nSPS) is 13.4. The maximum atomic E-state index is 13.4. The number of carbonyl (C=O) groups excluding carboxylic acids is 1. The molecule has 1 aliphatic rings. The lowest BCUT2D eigenvalue weighted by Crippen LogP contribution is -2.23. The van der Waals surface area contributed by atoms with Crippen LogP contribution >= 0.6 is 0 Å². The van der Waals surface area contributed by atoms with Crippen molar-refractivity contribution in [2.24, 2.45) is 0 Å². The van der Waals surface area contributed by atoms with Crippen LogP contribution in [0.4, 0.5) is 11.4 Å². The SMILES string of the molecule is CCn1c(=O)n(CC)c2cc(N3CCCC3)c(NC(=O)c3cc(OC)c(OC)c(OC)c3)cc21. The van der Waals surface area contributed by atoms with Crippen molar-refractivity contribution in [2.75, 3.05) is 44.6 Å². The molecule has 182 valence electrons. The van der Waals surface area contributed by atoms with Crippen LogP contribution in [0.15, 0.2) is 29.1 Å². The number of amides is 1. The van der Waals surface area contributed by atoms with Crippen LogP contribution in [-0.2, 0) is 13.1 Å². The Morgan fingerprint density at radius 3 is 1.94 bits per heavy atom. The van der Waals surface area contributed by atoms with Gasteiger partial charge >= 0.3 is 5.69 Å². The van der Waals surface area contributed by atoms with E-state index < -0.39 is 0 Å². The van der Waals surface area contributed by atoms with Crippen LogP contribution in [-0.4, -0.2) is 49.5 Å². The first-order valence-corrected chi connectivity index (χ1v) is 11.6. The number of carbonyl (C=O) groups is 1. The molecule has 0 bridgehead atoms. The summed E-state index contributed by atoms with van der Waals surface area (Å²) in [6.45, 7) is 6.86. The maximum absolute atomic E-state index is 13.4. The summed E-state index contributed by atoms with van der Waals surface area (Å²) in [5.41, 5.74) is 3.60. The topological polar surface area (TPSA) is 87.0 Å².